The number of amides is 1. The lowest BCUT2D eigenvalue weighted by Gasteiger charge is -2.13. The first-order valence-electron chi connectivity index (χ1n) is 4.50. The van der Waals surface area contributed by atoms with Gasteiger partial charge in [0.05, 0.1) is 11.7 Å². The molecular formula is C9H15N3O2. The van der Waals surface area contributed by atoms with Crippen LogP contribution in [0.15, 0.2) is 10.6 Å². The van der Waals surface area contributed by atoms with Crippen LogP contribution in [0.3, 0.4) is 0 Å². The minimum Gasteiger partial charge on any atom is -0.338 e. The Bertz CT molecular complexity index is 320. The minimum absolute atomic E-state index is 0.0963. The molecule has 0 saturated heterocycles. The number of aromatic nitrogens is 1. The van der Waals surface area contributed by atoms with Crippen LogP contribution in [0, 0.1) is 12.8 Å². The SMILES string of the molecule is Cc1cc(NC(=O)[C@H](N)C(C)C)on1. The lowest BCUT2D eigenvalue weighted by atomic mass is 10.1. The first-order chi connectivity index (χ1) is 6.50. The first-order valence-corrected chi connectivity index (χ1v) is 4.50. The molecule has 1 aromatic rings. The van der Waals surface area contributed by atoms with Crippen molar-refractivity contribution in [1.29, 1.82) is 0 Å². The number of carbonyl (C=O) groups excluding carboxylic acids is 1. The molecule has 78 valence electrons. The molecule has 14 heavy (non-hydrogen) atoms. The predicted octanol–water partition coefficient (Wildman–Crippen LogP) is 0.905. The Morgan fingerprint density at radius 2 is 2.29 bits per heavy atom. The molecule has 0 saturated carbocycles. The zero-order chi connectivity index (χ0) is 10.7. The maximum Gasteiger partial charge on any atom is 0.243 e. The van der Waals surface area contributed by atoms with E-state index in [1.807, 2.05) is 13.8 Å². The first kappa shape index (κ1) is 10.7. The van der Waals surface area contributed by atoms with E-state index in [1.54, 1.807) is 13.0 Å². The quantitative estimate of drug-likeness (QED) is 0.754. The maximum atomic E-state index is 11.4. The van der Waals surface area contributed by atoms with Crippen molar-refractivity contribution in [3.05, 3.63) is 11.8 Å². The second-order valence-corrected chi connectivity index (χ2v) is 3.59. The molecule has 0 spiro atoms. The van der Waals surface area contributed by atoms with Crippen LogP contribution in [-0.4, -0.2) is 17.1 Å². The highest BCUT2D eigenvalue weighted by molar-refractivity contribution is 5.93. The van der Waals surface area contributed by atoms with E-state index in [2.05, 4.69) is 10.5 Å². The zero-order valence-corrected chi connectivity index (χ0v) is 8.57. The second-order valence-electron chi connectivity index (χ2n) is 3.59. The van der Waals surface area contributed by atoms with Gasteiger partial charge in [-0.05, 0) is 12.8 Å². The molecule has 0 bridgehead atoms. The summed E-state index contributed by atoms with van der Waals surface area (Å²) in [7, 11) is 0. The Balaban J connectivity index is 2.57. The van der Waals surface area contributed by atoms with Crippen molar-refractivity contribution in [3.63, 3.8) is 0 Å². The van der Waals surface area contributed by atoms with Crippen molar-refractivity contribution in [3.8, 4) is 0 Å². The largest absolute Gasteiger partial charge is 0.338 e. The van der Waals surface area contributed by atoms with Gasteiger partial charge in [0, 0.05) is 6.07 Å². The number of aryl methyl sites for hydroxylation is 1. The van der Waals surface area contributed by atoms with E-state index in [9.17, 15) is 4.79 Å². The van der Waals surface area contributed by atoms with E-state index in [1.165, 1.54) is 0 Å². The molecule has 1 aromatic heterocycles. The molecule has 1 heterocycles. The third-order valence-corrected chi connectivity index (χ3v) is 1.90. The zero-order valence-electron chi connectivity index (χ0n) is 8.57. The fourth-order valence-electron chi connectivity index (χ4n) is 0.930. The molecule has 1 atom stereocenters. The molecule has 3 N–H and O–H groups in total. The predicted molar refractivity (Wildman–Crippen MR) is 52.7 cm³/mol. The Labute approximate surface area is 82.6 Å². The average Bonchev–Trinajstić information content (AvgIpc) is 2.49. The average molecular weight is 197 g/mol. The topological polar surface area (TPSA) is 81.2 Å². The molecule has 0 aliphatic heterocycles. The van der Waals surface area contributed by atoms with E-state index in [-0.39, 0.29) is 11.8 Å². The van der Waals surface area contributed by atoms with Crippen LogP contribution >= 0.6 is 0 Å². The number of nitrogens with two attached hydrogens (primary N) is 1. The molecule has 0 fully saturated rings. The molecule has 1 rings (SSSR count). The van der Waals surface area contributed by atoms with E-state index in [0.29, 0.717) is 5.88 Å². The van der Waals surface area contributed by atoms with Crippen LogP contribution in [0.25, 0.3) is 0 Å². The third-order valence-electron chi connectivity index (χ3n) is 1.90. The summed E-state index contributed by atoms with van der Waals surface area (Å²) in [5, 5.41) is 6.19. The van der Waals surface area contributed by atoms with E-state index >= 15 is 0 Å². The molecule has 5 heteroatoms. The highest BCUT2D eigenvalue weighted by Crippen LogP contribution is 2.09. The summed E-state index contributed by atoms with van der Waals surface area (Å²) in [5.41, 5.74) is 6.36. The van der Waals surface area contributed by atoms with Gasteiger partial charge in [-0.15, -0.1) is 0 Å². The van der Waals surface area contributed by atoms with Gasteiger partial charge in [-0.3, -0.25) is 10.1 Å². The summed E-state index contributed by atoms with van der Waals surface area (Å²) in [6.07, 6.45) is 0. The summed E-state index contributed by atoms with van der Waals surface area (Å²) in [6, 6.07) is 1.12. The van der Waals surface area contributed by atoms with Crippen LogP contribution < -0.4 is 11.1 Å². The highest BCUT2D eigenvalue weighted by Gasteiger charge is 2.18. The number of anilines is 1. The summed E-state index contributed by atoms with van der Waals surface area (Å²) >= 11 is 0. The molecule has 0 aliphatic carbocycles. The van der Waals surface area contributed by atoms with Crippen molar-refractivity contribution >= 4 is 11.8 Å². The Hall–Kier alpha value is -1.36. The Morgan fingerprint density at radius 3 is 2.71 bits per heavy atom. The normalized spacial score (nSPS) is 12.9. The molecule has 1 amide bonds. The van der Waals surface area contributed by atoms with Gasteiger partial charge in [0.1, 0.15) is 0 Å². The van der Waals surface area contributed by atoms with Crippen LogP contribution in [-0.2, 0) is 4.79 Å². The fourth-order valence-corrected chi connectivity index (χ4v) is 0.930. The molecule has 0 radical (unpaired) electrons. The van der Waals surface area contributed by atoms with E-state index < -0.39 is 6.04 Å². The van der Waals surface area contributed by atoms with Crippen LogP contribution in [0.2, 0.25) is 0 Å². The fraction of sp³-hybridized carbons (Fsp3) is 0.556. The Morgan fingerprint density at radius 1 is 1.64 bits per heavy atom. The summed E-state index contributed by atoms with van der Waals surface area (Å²) in [5.74, 6) is 0.179. The lowest BCUT2D eigenvalue weighted by Crippen LogP contribution is -2.39. The Kier molecular flexibility index (Phi) is 3.24. The number of nitrogens with zero attached hydrogens (tertiary/aromatic N) is 1. The van der Waals surface area contributed by atoms with Gasteiger partial charge in [0.15, 0.2) is 0 Å². The summed E-state index contributed by atoms with van der Waals surface area (Å²) in [4.78, 5) is 11.4. The smallest absolute Gasteiger partial charge is 0.243 e. The summed E-state index contributed by atoms with van der Waals surface area (Å²) < 4.78 is 4.83. The van der Waals surface area contributed by atoms with Gasteiger partial charge in [-0.1, -0.05) is 19.0 Å². The van der Waals surface area contributed by atoms with E-state index in [4.69, 9.17) is 10.3 Å². The number of carbonyl (C=O) groups is 1. The molecular weight excluding hydrogens is 182 g/mol. The third kappa shape index (κ3) is 2.56. The van der Waals surface area contributed by atoms with Crippen molar-refractivity contribution in [1.82, 2.24) is 5.16 Å². The number of hydrogen-bond donors (Lipinski definition) is 2. The van der Waals surface area contributed by atoms with Gasteiger partial charge in [0.25, 0.3) is 0 Å². The standard InChI is InChI=1S/C9H15N3O2/c1-5(2)8(10)9(13)11-7-4-6(3)12-14-7/h4-5,8H,10H2,1-3H3,(H,11,13)/t8-/m1/s1. The molecule has 0 aliphatic rings. The second kappa shape index (κ2) is 4.23. The number of nitrogens with one attached hydrogen (secondary N) is 1. The van der Waals surface area contributed by atoms with Crippen molar-refractivity contribution in [2.45, 2.75) is 26.8 Å². The summed E-state index contributed by atoms with van der Waals surface area (Å²) in [6.45, 7) is 5.55. The minimum atomic E-state index is -0.527. The van der Waals surface area contributed by atoms with E-state index in [0.717, 1.165) is 5.69 Å². The van der Waals surface area contributed by atoms with Crippen molar-refractivity contribution in [2.75, 3.05) is 5.32 Å². The molecule has 0 unspecified atom stereocenters. The van der Waals surface area contributed by atoms with Crippen LogP contribution in [0.1, 0.15) is 19.5 Å². The number of hydrogen-bond acceptors (Lipinski definition) is 4. The van der Waals surface area contributed by atoms with Gasteiger partial charge < -0.3 is 10.3 Å². The van der Waals surface area contributed by atoms with Gasteiger partial charge in [-0.25, -0.2) is 0 Å². The van der Waals surface area contributed by atoms with Crippen molar-refractivity contribution < 1.29 is 9.32 Å². The highest BCUT2D eigenvalue weighted by atomic mass is 16.5. The van der Waals surface area contributed by atoms with Gasteiger partial charge in [-0.2, -0.15) is 0 Å². The molecule has 5 nitrogen and oxygen atoms in total. The number of rotatable bonds is 3. The monoisotopic (exact) mass is 197 g/mol. The lowest BCUT2D eigenvalue weighted by molar-refractivity contribution is -0.118. The molecule has 0 aromatic carbocycles. The van der Waals surface area contributed by atoms with Gasteiger partial charge in [0.2, 0.25) is 11.8 Å². The maximum absolute atomic E-state index is 11.4. The van der Waals surface area contributed by atoms with Crippen LogP contribution in [0.5, 0.6) is 0 Å². The van der Waals surface area contributed by atoms with Gasteiger partial charge >= 0.3 is 0 Å². The van der Waals surface area contributed by atoms with Crippen molar-refractivity contribution in [2.24, 2.45) is 11.7 Å². The van der Waals surface area contributed by atoms with Crippen LogP contribution in [0.4, 0.5) is 5.88 Å².